The second kappa shape index (κ2) is 6.07. The van der Waals surface area contributed by atoms with Crippen molar-refractivity contribution in [2.24, 2.45) is 5.73 Å². The van der Waals surface area contributed by atoms with Gasteiger partial charge < -0.3 is 10.6 Å². The molecule has 3 heteroatoms. The van der Waals surface area contributed by atoms with Crippen molar-refractivity contribution in [3.63, 3.8) is 0 Å². The van der Waals surface area contributed by atoms with E-state index in [9.17, 15) is 0 Å². The van der Waals surface area contributed by atoms with Crippen LogP contribution >= 0.6 is 15.9 Å². The van der Waals surface area contributed by atoms with E-state index in [1.54, 1.807) is 0 Å². The van der Waals surface area contributed by atoms with Crippen molar-refractivity contribution in [2.45, 2.75) is 51.6 Å². The van der Waals surface area contributed by atoms with Crippen LogP contribution < -0.4 is 10.6 Å². The molecule has 0 amide bonds. The Hall–Kier alpha value is -0.540. The van der Waals surface area contributed by atoms with Crippen molar-refractivity contribution in [1.82, 2.24) is 0 Å². The largest absolute Gasteiger partial charge is 0.368 e. The first-order valence-corrected chi connectivity index (χ1v) is 7.68. The minimum absolute atomic E-state index is 0.219. The highest BCUT2D eigenvalue weighted by molar-refractivity contribution is 9.10. The van der Waals surface area contributed by atoms with Crippen molar-refractivity contribution in [2.75, 3.05) is 11.4 Å². The number of piperidine rings is 1. The second-order valence-electron chi connectivity index (χ2n) is 5.51. The van der Waals surface area contributed by atoms with Crippen LogP contribution in [0.3, 0.4) is 0 Å². The average Bonchev–Trinajstić information content (AvgIpc) is 2.30. The van der Waals surface area contributed by atoms with Crippen LogP contribution in [0.15, 0.2) is 22.7 Å². The summed E-state index contributed by atoms with van der Waals surface area (Å²) in [4.78, 5) is 2.52. The summed E-state index contributed by atoms with van der Waals surface area (Å²) in [6, 6.07) is 7.54. The molecule has 1 aliphatic heterocycles. The zero-order chi connectivity index (χ0) is 13.1. The Morgan fingerprint density at radius 2 is 2.22 bits per heavy atom. The number of benzene rings is 1. The first-order valence-electron chi connectivity index (χ1n) is 6.88. The van der Waals surface area contributed by atoms with E-state index in [0.29, 0.717) is 6.04 Å². The van der Waals surface area contributed by atoms with E-state index in [4.69, 9.17) is 5.73 Å². The fraction of sp³-hybridized carbons (Fsp3) is 0.600. The van der Waals surface area contributed by atoms with E-state index in [1.165, 1.54) is 41.5 Å². The van der Waals surface area contributed by atoms with Gasteiger partial charge in [-0.3, -0.25) is 0 Å². The Bertz CT molecular complexity index is 403. The second-order valence-corrected chi connectivity index (χ2v) is 6.36. The summed E-state index contributed by atoms with van der Waals surface area (Å²) in [5, 5.41) is 0. The van der Waals surface area contributed by atoms with E-state index in [0.717, 1.165) is 6.42 Å². The lowest BCUT2D eigenvalue weighted by Crippen LogP contribution is -2.37. The maximum atomic E-state index is 5.85. The summed E-state index contributed by atoms with van der Waals surface area (Å²) in [6.45, 7) is 5.54. The molecule has 0 saturated carbocycles. The minimum atomic E-state index is 0.219. The van der Waals surface area contributed by atoms with Gasteiger partial charge in [-0.15, -0.1) is 0 Å². The Morgan fingerprint density at radius 1 is 1.44 bits per heavy atom. The molecule has 2 N–H and O–H groups in total. The fourth-order valence-corrected chi connectivity index (χ4v) is 3.39. The van der Waals surface area contributed by atoms with Crippen LogP contribution in [0.25, 0.3) is 0 Å². The summed E-state index contributed by atoms with van der Waals surface area (Å²) < 4.78 is 1.20. The van der Waals surface area contributed by atoms with Crippen LogP contribution in [0.1, 0.15) is 38.7 Å². The number of nitrogens with two attached hydrogens (primary N) is 1. The molecule has 2 unspecified atom stereocenters. The molecule has 2 rings (SSSR count). The molecule has 1 saturated heterocycles. The first-order chi connectivity index (χ1) is 8.58. The average molecular weight is 311 g/mol. The van der Waals surface area contributed by atoms with Gasteiger partial charge >= 0.3 is 0 Å². The van der Waals surface area contributed by atoms with Gasteiger partial charge in [0.2, 0.25) is 0 Å². The number of hydrogen-bond acceptors (Lipinski definition) is 2. The molecule has 2 atom stereocenters. The molecule has 1 fully saturated rings. The summed E-state index contributed by atoms with van der Waals surface area (Å²) in [6.07, 6.45) is 4.90. The van der Waals surface area contributed by atoms with Gasteiger partial charge in [-0.1, -0.05) is 6.07 Å². The van der Waals surface area contributed by atoms with E-state index < -0.39 is 0 Å². The van der Waals surface area contributed by atoms with Crippen LogP contribution in [0, 0.1) is 0 Å². The van der Waals surface area contributed by atoms with E-state index in [2.05, 4.69) is 52.9 Å². The van der Waals surface area contributed by atoms with Crippen LogP contribution in [0.2, 0.25) is 0 Å². The van der Waals surface area contributed by atoms with Crippen molar-refractivity contribution in [1.29, 1.82) is 0 Å². The predicted octanol–water partition coefficient (Wildman–Crippen LogP) is 3.72. The fourth-order valence-electron chi connectivity index (χ4n) is 2.74. The smallest absolute Gasteiger partial charge is 0.0513 e. The summed E-state index contributed by atoms with van der Waals surface area (Å²) >= 11 is 3.72. The summed E-state index contributed by atoms with van der Waals surface area (Å²) in [5.41, 5.74) is 8.49. The lowest BCUT2D eigenvalue weighted by molar-refractivity contribution is 0.484. The Morgan fingerprint density at radius 3 is 2.83 bits per heavy atom. The van der Waals surface area contributed by atoms with Gasteiger partial charge in [0.05, 0.1) is 5.69 Å². The highest BCUT2D eigenvalue weighted by atomic mass is 79.9. The molecule has 1 aromatic rings. The van der Waals surface area contributed by atoms with Gasteiger partial charge in [0.1, 0.15) is 0 Å². The van der Waals surface area contributed by atoms with Crippen molar-refractivity contribution < 1.29 is 0 Å². The Balaban J connectivity index is 2.18. The van der Waals surface area contributed by atoms with Gasteiger partial charge in [0.15, 0.2) is 0 Å². The Labute approximate surface area is 119 Å². The van der Waals surface area contributed by atoms with Gasteiger partial charge in [0, 0.05) is 23.1 Å². The van der Waals surface area contributed by atoms with Gasteiger partial charge in [-0.25, -0.2) is 0 Å². The quantitative estimate of drug-likeness (QED) is 0.922. The molecule has 100 valence electrons. The summed E-state index contributed by atoms with van der Waals surface area (Å²) in [7, 11) is 0. The zero-order valence-corrected chi connectivity index (χ0v) is 12.9. The van der Waals surface area contributed by atoms with Crippen molar-refractivity contribution >= 4 is 21.6 Å². The molecular weight excluding hydrogens is 288 g/mol. The van der Waals surface area contributed by atoms with E-state index in [-0.39, 0.29) is 6.04 Å². The van der Waals surface area contributed by atoms with Crippen LogP contribution in [-0.2, 0) is 6.42 Å². The normalized spacial score (nSPS) is 22.0. The third-order valence-electron chi connectivity index (χ3n) is 3.68. The topological polar surface area (TPSA) is 29.3 Å². The molecule has 0 spiro atoms. The molecule has 1 heterocycles. The predicted molar refractivity (Wildman–Crippen MR) is 82.2 cm³/mol. The van der Waals surface area contributed by atoms with Gasteiger partial charge in [-0.2, -0.15) is 0 Å². The van der Waals surface area contributed by atoms with Crippen LogP contribution in [-0.4, -0.2) is 18.6 Å². The maximum absolute atomic E-state index is 5.85. The number of hydrogen-bond donors (Lipinski definition) is 1. The molecule has 0 bridgehead atoms. The SMILES string of the molecule is CC(N)Cc1ccc(N2CCCCC2C)c(Br)c1. The highest BCUT2D eigenvalue weighted by Crippen LogP contribution is 2.32. The molecule has 0 radical (unpaired) electrons. The molecule has 1 aromatic carbocycles. The summed E-state index contributed by atoms with van der Waals surface area (Å²) in [5.74, 6) is 0. The van der Waals surface area contributed by atoms with Crippen molar-refractivity contribution in [3.05, 3.63) is 28.2 Å². The van der Waals surface area contributed by atoms with Gasteiger partial charge in [-0.05, 0) is 73.2 Å². The maximum Gasteiger partial charge on any atom is 0.0513 e. The molecule has 0 aromatic heterocycles. The first kappa shape index (κ1) is 13.9. The highest BCUT2D eigenvalue weighted by Gasteiger charge is 2.20. The van der Waals surface area contributed by atoms with Crippen molar-refractivity contribution in [3.8, 4) is 0 Å². The van der Waals surface area contributed by atoms with E-state index in [1.807, 2.05) is 0 Å². The van der Waals surface area contributed by atoms with Gasteiger partial charge in [0.25, 0.3) is 0 Å². The minimum Gasteiger partial charge on any atom is -0.368 e. The number of nitrogens with zero attached hydrogens (tertiary/aromatic N) is 1. The molecular formula is C15H23BrN2. The molecule has 0 aliphatic carbocycles. The molecule has 1 aliphatic rings. The monoisotopic (exact) mass is 310 g/mol. The lowest BCUT2D eigenvalue weighted by Gasteiger charge is -2.36. The third-order valence-corrected chi connectivity index (χ3v) is 4.32. The number of rotatable bonds is 3. The zero-order valence-electron chi connectivity index (χ0n) is 11.3. The number of halogens is 1. The standard InChI is InChI=1S/C15H23BrN2/c1-11(17)9-13-6-7-15(14(16)10-13)18-8-4-3-5-12(18)2/h6-7,10-12H,3-5,8-9,17H2,1-2H3. The molecule has 18 heavy (non-hydrogen) atoms. The van der Waals surface area contributed by atoms with Crippen LogP contribution in [0.4, 0.5) is 5.69 Å². The van der Waals surface area contributed by atoms with Crippen LogP contribution in [0.5, 0.6) is 0 Å². The van der Waals surface area contributed by atoms with E-state index >= 15 is 0 Å². The number of anilines is 1. The lowest BCUT2D eigenvalue weighted by atomic mass is 10.0. The third kappa shape index (κ3) is 3.27. The Kier molecular flexibility index (Phi) is 4.68. The molecule has 2 nitrogen and oxygen atoms in total.